The predicted molar refractivity (Wildman–Crippen MR) is 95.7 cm³/mol. The first-order chi connectivity index (χ1) is 12.9. The van der Waals surface area contributed by atoms with E-state index < -0.39 is 24.0 Å². The zero-order chi connectivity index (χ0) is 19.3. The average molecular weight is 379 g/mol. The lowest BCUT2D eigenvalue weighted by Gasteiger charge is -2.30. The maximum atomic E-state index is 14.0. The highest BCUT2D eigenvalue weighted by Gasteiger charge is 2.32. The predicted octanol–water partition coefficient (Wildman–Crippen LogP) is 0.541. The Labute approximate surface area is 152 Å². The summed E-state index contributed by atoms with van der Waals surface area (Å²) in [5, 5.41) is 8.79. The van der Waals surface area contributed by atoms with Gasteiger partial charge in [-0.15, -0.1) is 0 Å². The van der Waals surface area contributed by atoms with Crippen LogP contribution in [0.5, 0.6) is 11.5 Å². The highest BCUT2D eigenvalue weighted by atomic mass is 19.1. The van der Waals surface area contributed by atoms with Crippen molar-refractivity contribution in [1.82, 2.24) is 4.68 Å². The molecule has 27 heavy (non-hydrogen) atoms. The second-order valence-corrected chi connectivity index (χ2v) is 6.43. The van der Waals surface area contributed by atoms with Crippen LogP contribution < -0.4 is 36.7 Å². The van der Waals surface area contributed by atoms with E-state index in [9.17, 15) is 14.0 Å². The monoisotopic (exact) mass is 379 g/mol. The Morgan fingerprint density at radius 1 is 1.52 bits per heavy atom. The summed E-state index contributed by atoms with van der Waals surface area (Å²) in [7, 11) is 0. The molecule has 1 unspecified atom stereocenters. The van der Waals surface area contributed by atoms with E-state index in [1.807, 2.05) is 4.90 Å². The highest BCUT2D eigenvalue weighted by molar-refractivity contribution is 6.03. The summed E-state index contributed by atoms with van der Waals surface area (Å²) in [6.07, 6.45) is 0.303. The Hall–Kier alpha value is -3.21. The van der Waals surface area contributed by atoms with E-state index >= 15 is 0 Å². The fourth-order valence-corrected chi connectivity index (χ4v) is 3.65. The van der Waals surface area contributed by atoms with Crippen LogP contribution in [0.3, 0.4) is 0 Å². The quantitative estimate of drug-likeness (QED) is 0.443. The standard InChI is InChI=1S/C16H18FN5O5/c17-3-8-11(19)10-13-15(12(8)21-2-1-7(18)4-21)26-6-20-22(13)5-9(14(10)23)27-16(24)25/h5,7,20H,1-4,6,18-19H2,(H,24,25). The third kappa shape index (κ3) is 2.58. The van der Waals surface area contributed by atoms with Crippen LogP contribution in [-0.2, 0) is 6.67 Å². The summed E-state index contributed by atoms with van der Waals surface area (Å²) in [4.78, 5) is 25.5. The van der Waals surface area contributed by atoms with Gasteiger partial charge in [-0.3, -0.25) is 14.9 Å². The summed E-state index contributed by atoms with van der Waals surface area (Å²) >= 11 is 0. The van der Waals surface area contributed by atoms with Gasteiger partial charge in [-0.2, -0.15) is 0 Å². The smallest absolute Gasteiger partial charge is 0.467 e. The molecular weight excluding hydrogens is 361 g/mol. The fraction of sp³-hybridized carbons (Fsp3) is 0.375. The lowest BCUT2D eigenvalue weighted by atomic mass is 10.0. The number of benzene rings is 1. The number of nitrogen functional groups attached to an aromatic ring is 1. The number of ether oxygens (including phenoxy) is 2. The molecule has 1 saturated heterocycles. The molecule has 2 aromatic rings. The molecule has 11 heteroatoms. The Morgan fingerprint density at radius 2 is 2.30 bits per heavy atom. The third-order valence-electron chi connectivity index (χ3n) is 4.81. The van der Waals surface area contributed by atoms with Crippen LogP contribution in [-0.4, -0.2) is 41.8 Å². The van der Waals surface area contributed by atoms with Crippen LogP contribution in [0.2, 0.25) is 0 Å². The van der Waals surface area contributed by atoms with Crippen molar-refractivity contribution in [3.8, 4) is 11.5 Å². The summed E-state index contributed by atoms with van der Waals surface area (Å²) < 4.78 is 25.6. The van der Waals surface area contributed by atoms with Gasteiger partial charge >= 0.3 is 6.16 Å². The third-order valence-corrected chi connectivity index (χ3v) is 4.81. The van der Waals surface area contributed by atoms with E-state index in [-0.39, 0.29) is 29.4 Å². The van der Waals surface area contributed by atoms with E-state index in [4.69, 9.17) is 21.3 Å². The number of carboxylic acid groups (broad SMARTS) is 1. The van der Waals surface area contributed by atoms with Gasteiger partial charge in [-0.05, 0) is 6.42 Å². The van der Waals surface area contributed by atoms with Crippen molar-refractivity contribution in [3.63, 3.8) is 0 Å². The minimum atomic E-state index is -1.64. The molecule has 0 amide bonds. The second-order valence-electron chi connectivity index (χ2n) is 6.43. The molecule has 10 nitrogen and oxygen atoms in total. The number of hydrogen-bond acceptors (Lipinski definition) is 8. The lowest BCUT2D eigenvalue weighted by Crippen LogP contribution is -2.32. The number of nitrogens with one attached hydrogen (secondary N) is 1. The van der Waals surface area contributed by atoms with Gasteiger partial charge in [0, 0.05) is 24.7 Å². The Kier molecular flexibility index (Phi) is 3.95. The number of anilines is 2. The fourth-order valence-electron chi connectivity index (χ4n) is 3.65. The molecule has 0 bridgehead atoms. The summed E-state index contributed by atoms with van der Waals surface area (Å²) in [5.74, 6) is -0.138. The maximum absolute atomic E-state index is 14.0. The molecule has 4 rings (SSSR count). The molecule has 3 heterocycles. The molecule has 2 aliphatic rings. The van der Waals surface area contributed by atoms with E-state index in [1.165, 1.54) is 10.9 Å². The first kappa shape index (κ1) is 17.2. The molecule has 6 N–H and O–H groups in total. The first-order valence-corrected chi connectivity index (χ1v) is 8.30. The number of pyridine rings is 1. The summed E-state index contributed by atoms with van der Waals surface area (Å²) in [6, 6.07) is -0.0585. The normalized spacial score (nSPS) is 18.3. The van der Waals surface area contributed by atoms with Crippen LogP contribution in [0.4, 0.5) is 20.6 Å². The van der Waals surface area contributed by atoms with Crippen molar-refractivity contribution >= 4 is 28.4 Å². The molecule has 1 aromatic heterocycles. The minimum Gasteiger partial charge on any atom is -0.467 e. The van der Waals surface area contributed by atoms with Gasteiger partial charge in [0.2, 0.25) is 11.2 Å². The van der Waals surface area contributed by atoms with Gasteiger partial charge in [0.1, 0.15) is 12.2 Å². The molecule has 0 saturated carbocycles. The van der Waals surface area contributed by atoms with Crippen molar-refractivity contribution in [3.05, 3.63) is 22.0 Å². The van der Waals surface area contributed by atoms with E-state index in [0.29, 0.717) is 30.0 Å². The Balaban J connectivity index is 2.07. The van der Waals surface area contributed by atoms with Crippen LogP contribution >= 0.6 is 0 Å². The molecule has 1 fully saturated rings. The van der Waals surface area contributed by atoms with Crippen molar-refractivity contribution in [2.75, 3.05) is 35.9 Å². The molecule has 0 radical (unpaired) electrons. The van der Waals surface area contributed by atoms with Crippen LogP contribution in [0.25, 0.3) is 10.9 Å². The molecule has 2 aliphatic heterocycles. The van der Waals surface area contributed by atoms with E-state index in [1.54, 1.807) is 0 Å². The van der Waals surface area contributed by atoms with Crippen LogP contribution in [0, 0.1) is 0 Å². The van der Waals surface area contributed by atoms with Gasteiger partial charge in [0.25, 0.3) is 0 Å². The molecule has 144 valence electrons. The van der Waals surface area contributed by atoms with Crippen molar-refractivity contribution < 1.29 is 23.8 Å². The molecule has 1 aromatic carbocycles. The van der Waals surface area contributed by atoms with Crippen LogP contribution in [0.15, 0.2) is 11.0 Å². The number of nitrogens with two attached hydrogens (primary N) is 2. The maximum Gasteiger partial charge on any atom is 0.511 e. The number of carbonyl (C=O) groups is 1. The van der Waals surface area contributed by atoms with Gasteiger partial charge in [-0.25, -0.2) is 9.18 Å². The number of nitrogens with zero attached hydrogens (tertiary/aromatic N) is 2. The number of hydrogen-bond donors (Lipinski definition) is 4. The van der Waals surface area contributed by atoms with Crippen molar-refractivity contribution in [1.29, 1.82) is 0 Å². The zero-order valence-electron chi connectivity index (χ0n) is 14.2. The lowest BCUT2D eigenvalue weighted by molar-refractivity contribution is 0.144. The summed E-state index contributed by atoms with van der Waals surface area (Å²) in [6.45, 7) is 0.218. The van der Waals surface area contributed by atoms with Gasteiger partial charge in [0.15, 0.2) is 12.5 Å². The summed E-state index contributed by atoms with van der Waals surface area (Å²) in [5.41, 5.74) is 15.0. The molecule has 0 aliphatic carbocycles. The molecular formula is C16H18FN5O5. The van der Waals surface area contributed by atoms with Gasteiger partial charge in [0.05, 0.1) is 23.0 Å². The Morgan fingerprint density at radius 3 is 2.93 bits per heavy atom. The molecule has 1 atom stereocenters. The second kappa shape index (κ2) is 6.20. The molecule has 0 spiro atoms. The van der Waals surface area contributed by atoms with Gasteiger partial charge in [-0.1, -0.05) is 0 Å². The zero-order valence-corrected chi connectivity index (χ0v) is 14.2. The largest absolute Gasteiger partial charge is 0.511 e. The highest BCUT2D eigenvalue weighted by Crippen LogP contribution is 2.45. The average Bonchev–Trinajstić information content (AvgIpc) is 3.05. The number of halogens is 1. The number of aromatic nitrogens is 1. The topological polar surface area (TPSA) is 145 Å². The van der Waals surface area contributed by atoms with Crippen LogP contribution in [0.1, 0.15) is 12.0 Å². The van der Waals surface area contributed by atoms with E-state index in [2.05, 4.69) is 10.2 Å². The van der Waals surface area contributed by atoms with Crippen molar-refractivity contribution in [2.45, 2.75) is 19.1 Å². The van der Waals surface area contributed by atoms with Gasteiger partial charge < -0.3 is 30.9 Å². The Bertz CT molecular complexity index is 1010. The van der Waals surface area contributed by atoms with Crippen molar-refractivity contribution in [2.24, 2.45) is 5.73 Å². The number of rotatable bonds is 3. The van der Waals surface area contributed by atoms with E-state index in [0.717, 1.165) is 6.42 Å². The SMILES string of the molecule is Nc1c(CF)c(N2CCC(N)C2)c2c3c1c(=O)c(OC(=O)O)cn3NCO2. The number of alkyl halides is 1. The first-order valence-electron chi connectivity index (χ1n) is 8.30. The minimum absolute atomic E-state index is 0.0278.